The Morgan fingerprint density at radius 1 is 1.19 bits per heavy atom. The van der Waals surface area contributed by atoms with Crippen LogP contribution in [-0.2, 0) is 44.5 Å². The van der Waals surface area contributed by atoms with Gasteiger partial charge in [-0.3, -0.25) is 9.59 Å². The van der Waals surface area contributed by atoms with Gasteiger partial charge >= 0.3 is 17.9 Å². The third-order valence-electron chi connectivity index (χ3n) is 8.33. The average Bonchev–Trinajstić information content (AvgIpc) is 3.17. The highest BCUT2D eigenvalue weighted by Gasteiger charge is 2.74. The van der Waals surface area contributed by atoms with Crippen molar-refractivity contribution in [3.05, 3.63) is 60.2 Å². The van der Waals surface area contributed by atoms with Gasteiger partial charge in [0.1, 0.15) is 18.8 Å². The average molecular weight is 601 g/mol. The lowest BCUT2D eigenvalue weighted by Gasteiger charge is -2.37. The summed E-state index contributed by atoms with van der Waals surface area (Å²) in [7, 11) is 0. The zero-order chi connectivity index (χ0) is 31.9. The summed E-state index contributed by atoms with van der Waals surface area (Å²) in [5.74, 6) is -5.72. The van der Waals surface area contributed by atoms with Crippen LogP contribution in [-0.4, -0.2) is 70.2 Å². The Morgan fingerprint density at radius 3 is 2.47 bits per heavy atom. The maximum Gasteiger partial charge on any atom is 0.348 e. The quantitative estimate of drug-likeness (QED) is 0.130. The highest BCUT2D eigenvalue weighted by Crippen LogP contribution is 2.48. The van der Waals surface area contributed by atoms with Gasteiger partial charge in [0.2, 0.25) is 11.6 Å². The van der Waals surface area contributed by atoms with Crippen molar-refractivity contribution in [1.82, 2.24) is 0 Å². The molecule has 0 saturated carbocycles. The van der Waals surface area contributed by atoms with Gasteiger partial charge in [0, 0.05) is 25.3 Å². The molecular formula is C33H44O10. The first kappa shape index (κ1) is 34.2. The fraction of sp³-hybridized carbons (Fsp3) is 0.576. The lowest BCUT2D eigenvalue weighted by molar-refractivity contribution is -0.291. The van der Waals surface area contributed by atoms with E-state index < -0.39 is 60.0 Å². The zero-order valence-corrected chi connectivity index (χ0v) is 25.6. The Bertz CT molecular complexity index is 1210. The molecule has 2 N–H and O–H groups in total. The number of aliphatic carboxylic acids is 1. The van der Waals surface area contributed by atoms with Crippen LogP contribution < -0.4 is 0 Å². The Balaban J connectivity index is 1.79. The van der Waals surface area contributed by atoms with Gasteiger partial charge in [-0.1, -0.05) is 77.1 Å². The SMILES string of the molecule is C=C(CC[C@]12OCC(=O)[C@](C(=O)O)(O1)[C@H](OC(=O)/C=C/[C@@H](C)C[C@@H](C)CC)[C@H]2O)[C@@H](OC(C)=O)[C@H](C)Cc1ccccc1. The zero-order valence-electron chi connectivity index (χ0n) is 25.6. The highest BCUT2D eigenvalue weighted by molar-refractivity contribution is 6.09. The first-order chi connectivity index (χ1) is 20.3. The van der Waals surface area contributed by atoms with Crippen molar-refractivity contribution in [1.29, 1.82) is 0 Å². The van der Waals surface area contributed by atoms with E-state index in [9.17, 15) is 29.4 Å². The number of carboxylic acids is 1. The fourth-order valence-electron chi connectivity index (χ4n) is 5.81. The smallest absolute Gasteiger partial charge is 0.348 e. The summed E-state index contributed by atoms with van der Waals surface area (Å²) in [4.78, 5) is 50.1. The summed E-state index contributed by atoms with van der Waals surface area (Å²) >= 11 is 0. The van der Waals surface area contributed by atoms with Crippen molar-refractivity contribution < 1.29 is 48.3 Å². The maximum absolute atomic E-state index is 12.9. The molecule has 2 heterocycles. The van der Waals surface area contributed by atoms with Crippen molar-refractivity contribution in [2.24, 2.45) is 17.8 Å². The summed E-state index contributed by atoms with van der Waals surface area (Å²) in [5.41, 5.74) is -1.11. The molecule has 2 fully saturated rings. The van der Waals surface area contributed by atoms with Crippen LogP contribution in [0.3, 0.4) is 0 Å². The molecule has 1 aromatic rings. The number of ketones is 1. The molecule has 0 radical (unpaired) electrons. The minimum atomic E-state index is -2.64. The Labute approximate surface area is 253 Å². The molecule has 0 aliphatic carbocycles. The molecule has 0 unspecified atom stereocenters. The van der Waals surface area contributed by atoms with Gasteiger partial charge in [-0.25, -0.2) is 9.59 Å². The van der Waals surface area contributed by atoms with Crippen LogP contribution >= 0.6 is 0 Å². The summed E-state index contributed by atoms with van der Waals surface area (Å²) in [6.07, 6.45) is 0.853. The monoisotopic (exact) mass is 600 g/mol. The number of carboxylic acid groups (broad SMARTS) is 1. The molecule has 2 aliphatic heterocycles. The van der Waals surface area contributed by atoms with Crippen molar-refractivity contribution in [3.63, 3.8) is 0 Å². The molecule has 43 heavy (non-hydrogen) atoms. The second kappa shape index (κ2) is 14.4. The van der Waals surface area contributed by atoms with Gasteiger partial charge in [-0.2, -0.15) is 0 Å². The minimum absolute atomic E-state index is 0.0525. The molecule has 0 amide bonds. The number of benzene rings is 1. The molecule has 0 aromatic heterocycles. The lowest BCUT2D eigenvalue weighted by Crippen LogP contribution is -2.60. The molecule has 10 nitrogen and oxygen atoms in total. The topological polar surface area (TPSA) is 146 Å². The number of aliphatic hydroxyl groups excluding tert-OH is 1. The predicted molar refractivity (Wildman–Crippen MR) is 157 cm³/mol. The summed E-state index contributed by atoms with van der Waals surface area (Å²) < 4.78 is 22.4. The van der Waals surface area contributed by atoms with Gasteiger partial charge in [-0.05, 0) is 42.2 Å². The molecule has 3 rings (SSSR count). The number of rotatable bonds is 15. The largest absolute Gasteiger partial charge is 0.479 e. The number of carbonyl (C=O) groups excluding carboxylic acids is 3. The van der Waals surface area contributed by atoms with E-state index in [2.05, 4.69) is 20.4 Å². The second-order valence-electron chi connectivity index (χ2n) is 11.9. The van der Waals surface area contributed by atoms with Crippen LogP contribution in [0.25, 0.3) is 0 Å². The summed E-state index contributed by atoms with van der Waals surface area (Å²) in [6, 6.07) is 9.67. The summed E-state index contributed by atoms with van der Waals surface area (Å²) in [5, 5.41) is 21.5. The number of ether oxygens (including phenoxy) is 4. The molecule has 2 bridgehead atoms. The number of hydrogen-bond acceptors (Lipinski definition) is 9. The number of esters is 2. The maximum atomic E-state index is 12.9. The van der Waals surface area contributed by atoms with E-state index in [0.717, 1.165) is 18.4 Å². The number of Topliss-reactive ketones (excluding diaryl/α,β-unsaturated/α-hetero) is 1. The van der Waals surface area contributed by atoms with Crippen molar-refractivity contribution in [2.45, 2.75) is 96.4 Å². The van der Waals surface area contributed by atoms with Crippen LogP contribution in [0.4, 0.5) is 0 Å². The van der Waals surface area contributed by atoms with E-state index in [-0.39, 0.29) is 24.7 Å². The first-order valence-corrected chi connectivity index (χ1v) is 14.8. The molecule has 2 saturated heterocycles. The molecule has 236 valence electrons. The van der Waals surface area contributed by atoms with Gasteiger partial charge < -0.3 is 29.2 Å². The molecule has 2 aliphatic rings. The molecule has 0 spiro atoms. The van der Waals surface area contributed by atoms with Gasteiger partial charge in [0.05, 0.1) is 0 Å². The third-order valence-corrected chi connectivity index (χ3v) is 8.33. The van der Waals surface area contributed by atoms with Crippen molar-refractivity contribution in [3.8, 4) is 0 Å². The Morgan fingerprint density at radius 2 is 1.86 bits per heavy atom. The van der Waals surface area contributed by atoms with Crippen LogP contribution in [0.1, 0.15) is 65.9 Å². The number of aliphatic hydroxyl groups is 1. The van der Waals surface area contributed by atoms with Crippen LogP contribution in [0.15, 0.2) is 54.6 Å². The number of fused-ring (bicyclic) bond motifs is 2. The number of carbonyl (C=O) groups is 4. The summed E-state index contributed by atoms with van der Waals surface area (Å²) in [6.45, 7) is 12.8. The second-order valence-corrected chi connectivity index (χ2v) is 11.9. The standard InChI is InChI=1S/C33H44O10/c1-7-20(2)17-21(3)13-14-27(36)42-30-29(37)32(40-19-26(35)33(30,43-32)31(38)39)16-15-22(4)28(41-24(6)34)23(5)18-25-11-9-8-10-12-25/h8-14,20-21,23,28-30,37H,4,7,15-19H2,1-3,5-6H3,(H,38,39)/b14-13+/t20-,21+,23+,28+,29+,30+,32-,33-/m0/s1. The highest BCUT2D eigenvalue weighted by atomic mass is 16.8. The van der Waals surface area contributed by atoms with E-state index in [0.29, 0.717) is 17.9 Å². The normalized spacial score (nSPS) is 27.7. The Kier molecular flexibility index (Phi) is 11.5. The van der Waals surface area contributed by atoms with Crippen LogP contribution in [0.2, 0.25) is 0 Å². The van der Waals surface area contributed by atoms with E-state index >= 15 is 0 Å². The number of allylic oxidation sites excluding steroid dienone is 1. The van der Waals surface area contributed by atoms with Crippen LogP contribution in [0.5, 0.6) is 0 Å². The predicted octanol–water partition coefficient (Wildman–Crippen LogP) is 4.18. The van der Waals surface area contributed by atoms with E-state index in [1.807, 2.05) is 44.2 Å². The van der Waals surface area contributed by atoms with Crippen molar-refractivity contribution in [2.75, 3.05) is 6.61 Å². The Hall–Kier alpha value is -3.34. The van der Waals surface area contributed by atoms with Crippen LogP contribution in [0, 0.1) is 17.8 Å². The van der Waals surface area contributed by atoms with E-state index in [1.165, 1.54) is 13.0 Å². The minimum Gasteiger partial charge on any atom is -0.479 e. The molecular weight excluding hydrogens is 556 g/mol. The van der Waals surface area contributed by atoms with E-state index in [1.54, 1.807) is 6.08 Å². The molecule has 8 atom stereocenters. The first-order valence-electron chi connectivity index (χ1n) is 14.8. The lowest BCUT2D eigenvalue weighted by atomic mass is 9.87. The van der Waals surface area contributed by atoms with Gasteiger partial charge in [0.15, 0.2) is 6.10 Å². The van der Waals surface area contributed by atoms with Gasteiger partial charge in [0.25, 0.3) is 5.60 Å². The molecule has 1 aromatic carbocycles. The third kappa shape index (κ3) is 7.79. The fourth-order valence-corrected chi connectivity index (χ4v) is 5.81. The van der Waals surface area contributed by atoms with E-state index in [4.69, 9.17) is 18.9 Å². The molecule has 10 heteroatoms. The van der Waals surface area contributed by atoms with Crippen molar-refractivity contribution >= 4 is 23.7 Å². The van der Waals surface area contributed by atoms with Gasteiger partial charge in [-0.15, -0.1) is 0 Å². The number of hydrogen-bond donors (Lipinski definition) is 2.